The van der Waals surface area contributed by atoms with Crippen molar-refractivity contribution in [3.8, 4) is 0 Å². The Morgan fingerprint density at radius 1 is 1.17 bits per heavy atom. The van der Waals surface area contributed by atoms with Crippen LogP contribution in [0.3, 0.4) is 0 Å². The molecule has 1 aromatic carbocycles. The second-order valence-electron chi connectivity index (χ2n) is 5.53. The van der Waals surface area contributed by atoms with Crippen molar-refractivity contribution in [3.63, 3.8) is 0 Å². The van der Waals surface area contributed by atoms with Crippen LogP contribution in [0.25, 0.3) is 0 Å². The first-order valence-electron chi connectivity index (χ1n) is 8.08. The topological polar surface area (TPSA) is 62.5 Å². The van der Waals surface area contributed by atoms with Gasteiger partial charge in [-0.2, -0.15) is 0 Å². The van der Waals surface area contributed by atoms with Gasteiger partial charge >= 0.3 is 0 Å². The van der Waals surface area contributed by atoms with Crippen molar-refractivity contribution in [2.24, 2.45) is 4.99 Å². The first kappa shape index (κ1) is 20.5. The lowest BCUT2D eigenvalue weighted by Gasteiger charge is -2.13. The molecule has 0 bridgehead atoms. The van der Waals surface area contributed by atoms with Crippen LogP contribution in [0.4, 0.5) is 0 Å². The number of aliphatic imine (C=N–C) groups is 1. The summed E-state index contributed by atoms with van der Waals surface area (Å²) in [6.45, 7) is 7.66. The third-order valence-electron chi connectivity index (χ3n) is 4.02. The molecular formula is C18H27IN4O. The number of aromatic nitrogens is 1. The molecule has 5 nitrogen and oxygen atoms in total. The lowest BCUT2D eigenvalue weighted by molar-refractivity contribution is 0.392. The summed E-state index contributed by atoms with van der Waals surface area (Å²) in [4.78, 5) is 4.28. The predicted octanol–water partition coefficient (Wildman–Crippen LogP) is 3.38. The van der Waals surface area contributed by atoms with Crippen molar-refractivity contribution < 1.29 is 4.52 Å². The minimum atomic E-state index is 0. The second kappa shape index (κ2) is 10.3. The Labute approximate surface area is 161 Å². The summed E-state index contributed by atoms with van der Waals surface area (Å²) in [7, 11) is 1.79. The third kappa shape index (κ3) is 5.51. The molecule has 0 fully saturated rings. The normalized spacial score (nSPS) is 11.1. The number of nitrogens with one attached hydrogen (secondary N) is 2. The van der Waals surface area contributed by atoms with Crippen molar-refractivity contribution in [2.75, 3.05) is 13.6 Å². The van der Waals surface area contributed by atoms with Crippen molar-refractivity contribution >= 4 is 29.9 Å². The van der Waals surface area contributed by atoms with Gasteiger partial charge in [0.15, 0.2) is 5.96 Å². The molecule has 0 aliphatic heterocycles. The van der Waals surface area contributed by atoms with Gasteiger partial charge in [-0.05, 0) is 37.8 Å². The molecule has 0 radical (unpaired) electrons. The molecule has 0 aliphatic rings. The van der Waals surface area contributed by atoms with E-state index in [2.05, 4.69) is 52.0 Å². The van der Waals surface area contributed by atoms with Gasteiger partial charge in [0, 0.05) is 25.7 Å². The number of halogens is 1. The zero-order valence-electron chi connectivity index (χ0n) is 14.8. The monoisotopic (exact) mass is 442 g/mol. The highest BCUT2D eigenvalue weighted by Crippen LogP contribution is 2.12. The highest BCUT2D eigenvalue weighted by atomic mass is 127. The summed E-state index contributed by atoms with van der Waals surface area (Å²) in [6.07, 6.45) is 1.91. The Bertz CT molecular complexity index is 647. The fraction of sp³-hybridized carbons (Fsp3) is 0.444. The molecule has 0 spiro atoms. The van der Waals surface area contributed by atoms with Gasteiger partial charge in [-0.25, -0.2) is 0 Å². The van der Waals surface area contributed by atoms with Crippen molar-refractivity contribution in [3.05, 3.63) is 52.4 Å². The molecule has 0 aliphatic carbocycles. The van der Waals surface area contributed by atoms with Crippen LogP contribution in [-0.4, -0.2) is 24.7 Å². The van der Waals surface area contributed by atoms with Crippen LogP contribution in [0.5, 0.6) is 0 Å². The molecule has 0 saturated carbocycles. The fourth-order valence-electron chi connectivity index (χ4n) is 2.64. The third-order valence-corrected chi connectivity index (χ3v) is 4.02. The molecule has 0 amide bonds. The van der Waals surface area contributed by atoms with E-state index in [4.69, 9.17) is 4.52 Å². The molecule has 1 heterocycles. The van der Waals surface area contributed by atoms with Gasteiger partial charge in [-0.1, -0.05) is 36.3 Å². The second-order valence-corrected chi connectivity index (χ2v) is 5.53. The average Bonchev–Trinajstić information content (AvgIpc) is 2.89. The van der Waals surface area contributed by atoms with Gasteiger partial charge in [0.1, 0.15) is 5.76 Å². The van der Waals surface area contributed by atoms with E-state index in [0.717, 1.165) is 43.3 Å². The van der Waals surface area contributed by atoms with Gasteiger partial charge in [0.2, 0.25) is 0 Å². The van der Waals surface area contributed by atoms with E-state index in [1.165, 1.54) is 16.7 Å². The number of nitrogens with zero attached hydrogens (tertiary/aromatic N) is 2. The molecule has 2 aromatic rings. The molecule has 24 heavy (non-hydrogen) atoms. The van der Waals surface area contributed by atoms with Crippen LogP contribution in [0, 0.1) is 13.8 Å². The van der Waals surface area contributed by atoms with Gasteiger partial charge in [-0.15, -0.1) is 24.0 Å². The fourth-order valence-corrected chi connectivity index (χ4v) is 2.64. The summed E-state index contributed by atoms with van der Waals surface area (Å²) in [5.41, 5.74) is 4.81. The van der Waals surface area contributed by atoms with Crippen LogP contribution < -0.4 is 10.6 Å². The van der Waals surface area contributed by atoms with E-state index < -0.39 is 0 Å². The van der Waals surface area contributed by atoms with Gasteiger partial charge in [-0.3, -0.25) is 4.99 Å². The molecule has 0 saturated heterocycles. The highest BCUT2D eigenvalue weighted by molar-refractivity contribution is 14.0. The predicted molar refractivity (Wildman–Crippen MR) is 109 cm³/mol. The summed E-state index contributed by atoms with van der Waals surface area (Å²) in [5.74, 6) is 1.70. The maximum Gasteiger partial charge on any atom is 0.191 e. The van der Waals surface area contributed by atoms with E-state index in [1.807, 2.05) is 13.8 Å². The summed E-state index contributed by atoms with van der Waals surface area (Å²) < 4.78 is 5.19. The molecule has 6 heteroatoms. The lowest BCUT2D eigenvalue weighted by Crippen LogP contribution is -2.38. The zero-order chi connectivity index (χ0) is 16.7. The van der Waals surface area contributed by atoms with E-state index in [1.54, 1.807) is 7.05 Å². The molecule has 1 aromatic heterocycles. The van der Waals surface area contributed by atoms with E-state index in [-0.39, 0.29) is 24.0 Å². The van der Waals surface area contributed by atoms with Crippen LogP contribution in [0.2, 0.25) is 0 Å². The quantitative estimate of drug-likeness (QED) is 0.409. The van der Waals surface area contributed by atoms with Crippen LogP contribution in [0.15, 0.2) is 33.8 Å². The zero-order valence-corrected chi connectivity index (χ0v) is 17.2. The van der Waals surface area contributed by atoms with E-state index in [0.29, 0.717) is 0 Å². The smallest absolute Gasteiger partial charge is 0.191 e. The van der Waals surface area contributed by atoms with E-state index >= 15 is 0 Å². The van der Waals surface area contributed by atoms with Gasteiger partial charge in [0.05, 0.1) is 5.69 Å². The number of rotatable bonds is 6. The van der Waals surface area contributed by atoms with Gasteiger partial charge in [0.25, 0.3) is 0 Å². The molecule has 132 valence electrons. The molecule has 2 rings (SSSR count). The highest BCUT2D eigenvalue weighted by Gasteiger charge is 2.08. The SMILES string of the molecule is CCc1ccccc1CNC(=NC)NCCc1c(C)noc1C.I. The maximum atomic E-state index is 5.19. The average molecular weight is 442 g/mol. The van der Waals surface area contributed by atoms with Gasteiger partial charge < -0.3 is 15.2 Å². The number of aryl methyl sites for hydroxylation is 3. The summed E-state index contributed by atoms with van der Waals surface area (Å²) in [6, 6.07) is 8.48. The van der Waals surface area contributed by atoms with Crippen molar-refractivity contribution in [2.45, 2.75) is 40.2 Å². The molecule has 0 atom stereocenters. The minimum absolute atomic E-state index is 0. The number of guanidine groups is 1. The molecule has 0 unspecified atom stereocenters. The first-order valence-corrected chi connectivity index (χ1v) is 8.08. The lowest BCUT2D eigenvalue weighted by atomic mass is 10.1. The largest absolute Gasteiger partial charge is 0.361 e. The molecule has 2 N–H and O–H groups in total. The van der Waals surface area contributed by atoms with Crippen LogP contribution in [-0.2, 0) is 19.4 Å². The Morgan fingerprint density at radius 3 is 2.46 bits per heavy atom. The van der Waals surface area contributed by atoms with Crippen molar-refractivity contribution in [1.29, 1.82) is 0 Å². The van der Waals surface area contributed by atoms with Crippen LogP contribution >= 0.6 is 24.0 Å². The number of hydrogen-bond donors (Lipinski definition) is 2. The summed E-state index contributed by atoms with van der Waals surface area (Å²) in [5, 5.41) is 10.7. The van der Waals surface area contributed by atoms with Crippen LogP contribution in [0.1, 0.15) is 35.1 Å². The van der Waals surface area contributed by atoms with Crippen molar-refractivity contribution in [1.82, 2.24) is 15.8 Å². The number of hydrogen-bond acceptors (Lipinski definition) is 3. The maximum absolute atomic E-state index is 5.19. The molecular weight excluding hydrogens is 415 g/mol. The Kier molecular flexibility index (Phi) is 8.81. The Balaban J connectivity index is 0.00000288. The number of benzene rings is 1. The summed E-state index contributed by atoms with van der Waals surface area (Å²) >= 11 is 0. The Morgan fingerprint density at radius 2 is 1.88 bits per heavy atom. The Hall–Kier alpha value is -1.57. The first-order chi connectivity index (χ1) is 11.2. The van der Waals surface area contributed by atoms with E-state index in [9.17, 15) is 0 Å². The minimum Gasteiger partial charge on any atom is -0.361 e. The standard InChI is InChI=1S/C18H26N4O.HI/c1-5-15-8-6-7-9-16(15)12-21-18(19-4)20-11-10-17-13(2)22-23-14(17)3;/h6-9H,5,10-12H2,1-4H3,(H2,19,20,21);1H.